The fraction of sp³-hybridized carbons (Fsp3) is 0.880. The zero-order chi connectivity index (χ0) is 26.1. The summed E-state index contributed by atoms with van der Waals surface area (Å²) in [5, 5.41) is 0. The van der Waals surface area contributed by atoms with Gasteiger partial charge in [-0.25, -0.2) is 4.79 Å². The summed E-state index contributed by atoms with van der Waals surface area (Å²) in [5.74, 6) is -0.384. The molecule has 0 heterocycles. The second-order valence-corrected chi connectivity index (χ2v) is 11.4. The Hall–Kier alpha value is -1.03. The molecular weight excluding hydrogens is 422 g/mol. The second-order valence-electron chi connectivity index (χ2n) is 11.4. The fourth-order valence-corrected chi connectivity index (χ4v) is 3.32. The molecule has 0 aliphatic carbocycles. The molecule has 8 nitrogen and oxygen atoms in total. The van der Waals surface area contributed by atoms with Crippen LogP contribution in [0.3, 0.4) is 0 Å². The highest BCUT2D eigenvalue weighted by Crippen LogP contribution is 2.33. The summed E-state index contributed by atoms with van der Waals surface area (Å²) in [6.45, 7) is 18.9. The minimum Gasteiger partial charge on any atom is -0.460 e. The van der Waals surface area contributed by atoms with E-state index in [2.05, 4.69) is 69.4 Å². The summed E-state index contributed by atoms with van der Waals surface area (Å²) in [4.78, 5) is 24.6. The minimum absolute atomic E-state index is 0.235. The molecule has 0 aliphatic rings. The van der Waals surface area contributed by atoms with E-state index in [1.165, 1.54) is 6.42 Å². The monoisotopic (exact) mass is 476 g/mol. The highest BCUT2D eigenvalue weighted by atomic mass is 16.8. The molecule has 0 rings (SSSR count). The van der Waals surface area contributed by atoms with Gasteiger partial charge < -0.3 is 9.47 Å². The van der Waals surface area contributed by atoms with E-state index in [4.69, 9.17) is 19.1 Å². The minimum atomic E-state index is -0.594. The van der Waals surface area contributed by atoms with Gasteiger partial charge in [0.2, 0.25) is 5.72 Å². The van der Waals surface area contributed by atoms with Crippen LogP contribution in [0, 0.1) is 0 Å². The number of carbonyl (C=O) groups is 1. The summed E-state index contributed by atoms with van der Waals surface area (Å²) in [6.07, 6.45) is 3.15. The molecule has 0 aromatic heterocycles. The topological polar surface area (TPSA) is 54.0 Å². The number of carbonyl (C=O) groups excluding carboxylic acids is 1. The Morgan fingerprint density at radius 2 is 1.39 bits per heavy atom. The van der Waals surface area contributed by atoms with Crippen molar-refractivity contribution in [2.24, 2.45) is 0 Å². The van der Waals surface area contributed by atoms with Crippen LogP contribution in [0.1, 0.15) is 60.8 Å². The van der Waals surface area contributed by atoms with Crippen molar-refractivity contribution in [2.75, 3.05) is 75.2 Å². The summed E-state index contributed by atoms with van der Waals surface area (Å²) in [5.41, 5.74) is -0.591. The second kappa shape index (κ2) is 12.6. The number of unbranched alkanes of at least 4 members (excludes halogenated alkanes) is 1. The van der Waals surface area contributed by atoms with E-state index in [9.17, 15) is 4.79 Å². The van der Waals surface area contributed by atoms with Crippen LogP contribution < -0.4 is 0 Å². The van der Waals surface area contributed by atoms with Crippen LogP contribution >= 0.6 is 0 Å². The first-order chi connectivity index (χ1) is 14.8. The third-order valence-electron chi connectivity index (χ3n) is 6.54. The molecule has 0 saturated carbocycles. The van der Waals surface area contributed by atoms with Gasteiger partial charge in [0.15, 0.2) is 0 Å². The van der Waals surface area contributed by atoms with Crippen molar-refractivity contribution in [3.05, 3.63) is 12.2 Å². The normalized spacial score (nSPS) is 13.8. The number of nitrogens with zero attached hydrogens (tertiary/aromatic N) is 3. The van der Waals surface area contributed by atoms with Crippen molar-refractivity contribution in [3.63, 3.8) is 0 Å². The van der Waals surface area contributed by atoms with Gasteiger partial charge in [-0.2, -0.15) is 4.65 Å². The standard InChI is InChI=1S/C25H54N3O5/c1-14-15-17-26(8,9)24(4,5)33-28(12,13)25(6,7)32-27(10,11)18-16-19-30-20-21-31-23(29)22(2)3/h2,14-21H2,1,3-13H3/q+3. The Morgan fingerprint density at radius 1 is 0.818 bits per heavy atom. The molecule has 0 atom stereocenters. The third-order valence-corrected chi connectivity index (χ3v) is 6.54. The van der Waals surface area contributed by atoms with E-state index >= 15 is 0 Å². The first-order valence-electron chi connectivity index (χ1n) is 12.1. The van der Waals surface area contributed by atoms with Crippen LogP contribution in [-0.2, 0) is 23.9 Å². The van der Waals surface area contributed by atoms with Crippen LogP contribution in [0.4, 0.5) is 0 Å². The summed E-state index contributed by atoms with van der Waals surface area (Å²) in [6, 6.07) is 0. The van der Waals surface area contributed by atoms with Crippen LogP contribution in [0.15, 0.2) is 12.2 Å². The molecule has 0 fully saturated rings. The van der Waals surface area contributed by atoms with E-state index in [-0.39, 0.29) is 17.2 Å². The third kappa shape index (κ3) is 10.8. The van der Waals surface area contributed by atoms with E-state index < -0.39 is 11.4 Å². The molecule has 0 unspecified atom stereocenters. The number of hydrogen-bond acceptors (Lipinski definition) is 5. The molecule has 0 aliphatic heterocycles. The van der Waals surface area contributed by atoms with Gasteiger partial charge in [-0.05, 0) is 13.3 Å². The Morgan fingerprint density at radius 3 is 1.91 bits per heavy atom. The largest absolute Gasteiger partial charge is 0.460 e. The highest BCUT2D eigenvalue weighted by molar-refractivity contribution is 5.86. The van der Waals surface area contributed by atoms with Crippen molar-refractivity contribution in [1.29, 1.82) is 0 Å². The van der Waals surface area contributed by atoms with Crippen LogP contribution in [0.25, 0.3) is 0 Å². The average molecular weight is 477 g/mol. The Bertz CT molecular complexity index is 628. The summed E-state index contributed by atoms with van der Waals surface area (Å²) >= 11 is 0. The summed E-state index contributed by atoms with van der Waals surface area (Å²) < 4.78 is 12.0. The SMILES string of the molecule is C=C(C)C(=O)OCCOCCC[N+](C)(C)OC(C)(C)[N+](C)(C)OC(C)(C)[N+](C)(C)CCCC. The number of rotatable bonds is 17. The van der Waals surface area contributed by atoms with E-state index in [1.807, 2.05) is 14.1 Å². The van der Waals surface area contributed by atoms with Crippen molar-refractivity contribution >= 4 is 5.97 Å². The predicted molar refractivity (Wildman–Crippen MR) is 133 cm³/mol. The van der Waals surface area contributed by atoms with Crippen molar-refractivity contribution in [2.45, 2.75) is 72.3 Å². The zero-order valence-corrected chi connectivity index (χ0v) is 23.7. The molecular formula is C25H54N3O5+3. The van der Waals surface area contributed by atoms with Gasteiger partial charge in [0, 0.05) is 39.7 Å². The number of hydrogen-bond donors (Lipinski definition) is 0. The molecule has 0 N–H and O–H groups in total. The van der Waals surface area contributed by atoms with Gasteiger partial charge in [-0.3, -0.25) is 4.48 Å². The Labute approximate surface area is 203 Å². The number of esters is 1. The lowest BCUT2D eigenvalue weighted by Crippen LogP contribution is -2.69. The van der Waals surface area contributed by atoms with E-state index in [0.29, 0.717) is 23.4 Å². The highest BCUT2D eigenvalue weighted by Gasteiger charge is 2.53. The molecule has 0 spiro atoms. The average Bonchev–Trinajstić information content (AvgIpc) is 2.63. The molecule has 0 bridgehead atoms. The number of ether oxygens (including phenoxy) is 2. The van der Waals surface area contributed by atoms with Gasteiger partial charge in [0.1, 0.15) is 27.2 Å². The smallest absolute Gasteiger partial charge is 0.333 e. The maximum atomic E-state index is 11.4. The van der Waals surface area contributed by atoms with E-state index in [0.717, 1.165) is 30.4 Å². The zero-order valence-electron chi connectivity index (χ0n) is 23.7. The van der Waals surface area contributed by atoms with Crippen molar-refractivity contribution < 1.29 is 37.7 Å². The maximum absolute atomic E-state index is 11.4. The summed E-state index contributed by atoms with van der Waals surface area (Å²) in [7, 11) is 12.6. The van der Waals surface area contributed by atoms with Gasteiger partial charge in [0.05, 0.1) is 47.9 Å². The van der Waals surface area contributed by atoms with Crippen LogP contribution in [0.5, 0.6) is 0 Å². The number of quaternary nitrogens is 3. The first-order valence-corrected chi connectivity index (χ1v) is 12.1. The van der Waals surface area contributed by atoms with Gasteiger partial charge in [0.25, 0.3) is 5.72 Å². The lowest BCUT2D eigenvalue weighted by molar-refractivity contribution is -1.22. The van der Waals surface area contributed by atoms with E-state index in [1.54, 1.807) is 6.92 Å². The van der Waals surface area contributed by atoms with Gasteiger partial charge >= 0.3 is 5.97 Å². The Balaban J connectivity index is 4.77. The number of hydroxylamine groups is 6. The maximum Gasteiger partial charge on any atom is 0.333 e. The van der Waals surface area contributed by atoms with Crippen molar-refractivity contribution in [1.82, 2.24) is 0 Å². The molecule has 0 saturated heterocycles. The van der Waals surface area contributed by atoms with Crippen molar-refractivity contribution in [3.8, 4) is 0 Å². The molecule has 0 amide bonds. The Kier molecular flexibility index (Phi) is 12.2. The molecule has 196 valence electrons. The molecule has 8 heteroatoms. The van der Waals surface area contributed by atoms with Crippen LogP contribution in [-0.4, -0.2) is 106 Å². The van der Waals surface area contributed by atoms with Crippen LogP contribution in [0.2, 0.25) is 0 Å². The quantitative estimate of drug-likeness (QED) is 0.0796. The predicted octanol–water partition coefficient (Wildman–Crippen LogP) is 3.88. The first kappa shape index (κ1) is 32.0. The molecule has 0 radical (unpaired) electrons. The lowest BCUT2D eigenvalue weighted by atomic mass is 10.2. The fourth-order valence-electron chi connectivity index (χ4n) is 3.32. The van der Waals surface area contributed by atoms with Gasteiger partial charge in [-0.1, -0.05) is 19.9 Å². The molecule has 0 aromatic rings. The molecule has 0 aromatic carbocycles. The lowest BCUT2D eigenvalue weighted by Gasteiger charge is -2.50. The van der Waals surface area contributed by atoms with Gasteiger partial charge in [-0.15, -0.1) is 14.3 Å². The molecule has 33 heavy (non-hydrogen) atoms.